The molecule has 2 N–H and O–H groups in total. The van der Waals surface area contributed by atoms with Gasteiger partial charge in [0.05, 0.1) is 5.56 Å². The van der Waals surface area contributed by atoms with Crippen LogP contribution >= 0.6 is 0 Å². The van der Waals surface area contributed by atoms with E-state index in [0.717, 1.165) is 24.4 Å². The SMILES string of the molecule is CCC(CC1CC1)NCc1cccc(C(=O)O)c1. The smallest absolute Gasteiger partial charge is 0.335 e. The molecule has 2 rings (SSSR count). The quantitative estimate of drug-likeness (QED) is 0.778. The Morgan fingerprint density at radius 1 is 1.50 bits per heavy atom. The number of benzene rings is 1. The molecular formula is C15H21NO2. The number of nitrogens with one attached hydrogen (secondary N) is 1. The molecule has 1 aromatic carbocycles. The summed E-state index contributed by atoms with van der Waals surface area (Å²) in [5.41, 5.74) is 1.41. The van der Waals surface area contributed by atoms with Gasteiger partial charge in [0.25, 0.3) is 0 Å². The van der Waals surface area contributed by atoms with Crippen LogP contribution in [0.15, 0.2) is 24.3 Å². The van der Waals surface area contributed by atoms with Crippen molar-refractivity contribution >= 4 is 5.97 Å². The van der Waals surface area contributed by atoms with Crippen molar-refractivity contribution in [2.75, 3.05) is 0 Å². The first-order chi connectivity index (χ1) is 8.69. The molecule has 0 spiro atoms. The van der Waals surface area contributed by atoms with Gasteiger partial charge in [-0.25, -0.2) is 4.79 Å². The minimum absolute atomic E-state index is 0.365. The second-order valence-electron chi connectivity index (χ2n) is 5.17. The van der Waals surface area contributed by atoms with Crippen molar-refractivity contribution in [1.82, 2.24) is 5.32 Å². The average Bonchev–Trinajstić information content (AvgIpc) is 3.18. The van der Waals surface area contributed by atoms with E-state index in [1.54, 1.807) is 12.1 Å². The summed E-state index contributed by atoms with van der Waals surface area (Å²) in [6, 6.07) is 7.73. The monoisotopic (exact) mass is 247 g/mol. The third-order valence-corrected chi connectivity index (χ3v) is 3.58. The normalized spacial score (nSPS) is 16.5. The van der Waals surface area contributed by atoms with E-state index in [4.69, 9.17) is 5.11 Å². The van der Waals surface area contributed by atoms with Crippen LogP contribution in [0.5, 0.6) is 0 Å². The molecule has 1 aromatic rings. The summed E-state index contributed by atoms with van der Waals surface area (Å²) in [6.07, 6.45) is 5.16. The second kappa shape index (κ2) is 6.01. The van der Waals surface area contributed by atoms with E-state index in [2.05, 4.69) is 12.2 Å². The number of hydrogen-bond donors (Lipinski definition) is 2. The average molecular weight is 247 g/mol. The van der Waals surface area contributed by atoms with Gasteiger partial charge in [-0.15, -0.1) is 0 Å². The number of rotatable bonds is 7. The number of carboxylic acid groups (broad SMARTS) is 1. The Labute approximate surface area is 108 Å². The lowest BCUT2D eigenvalue weighted by Gasteiger charge is -2.16. The van der Waals surface area contributed by atoms with Gasteiger partial charge in [-0.3, -0.25) is 0 Å². The number of aromatic carboxylic acids is 1. The first-order valence-electron chi connectivity index (χ1n) is 6.74. The molecule has 0 aliphatic heterocycles. The minimum Gasteiger partial charge on any atom is -0.478 e. The number of carboxylic acids is 1. The molecule has 1 saturated carbocycles. The van der Waals surface area contributed by atoms with Gasteiger partial charge in [0.1, 0.15) is 0 Å². The van der Waals surface area contributed by atoms with Crippen molar-refractivity contribution in [2.45, 2.75) is 45.2 Å². The predicted octanol–water partition coefficient (Wildman–Crippen LogP) is 3.05. The van der Waals surface area contributed by atoms with Crippen LogP contribution in [-0.4, -0.2) is 17.1 Å². The van der Waals surface area contributed by atoms with Crippen molar-refractivity contribution in [3.8, 4) is 0 Å². The van der Waals surface area contributed by atoms with Crippen LogP contribution in [0.1, 0.15) is 48.5 Å². The van der Waals surface area contributed by atoms with Crippen molar-refractivity contribution in [2.24, 2.45) is 5.92 Å². The van der Waals surface area contributed by atoms with Crippen molar-refractivity contribution in [1.29, 1.82) is 0 Å². The highest BCUT2D eigenvalue weighted by molar-refractivity contribution is 5.87. The van der Waals surface area contributed by atoms with Gasteiger partial charge in [0, 0.05) is 12.6 Å². The van der Waals surface area contributed by atoms with Gasteiger partial charge in [-0.2, -0.15) is 0 Å². The van der Waals surface area contributed by atoms with E-state index in [1.165, 1.54) is 19.3 Å². The Morgan fingerprint density at radius 3 is 2.89 bits per heavy atom. The van der Waals surface area contributed by atoms with Gasteiger partial charge >= 0.3 is 5.97 Å². The Balaban J connectivity index is 1.87. The lowest BCUT2D eigenvalue weighted by Crippen LogP contribution is -2.28. The molecule has 1 aliphatic carbocycles. The molecule has 1 fully saturated rings. The predicted molar refractivity (Wildman–Crippen MR) is 71.7 cm³/mol. The summed E-state index contributed by atoms with van der Waals surface area (Å²) in [7, 11) is 0. The molecule has 98 valence electrons. The largest absolute Gasteiger partial charge is 0.478 e. The maximum atomic E-state index is 10.9. The van der Waals surface area contributed by atoms with Crippen LogP contribution in [0, 0.1) is 5.92 Å². The van der Waals surface area contributed by atoms with Crippen LogP contribution in [0.2, 0.25) is 0 Å². The summed E-state index contributed by atoms with van der Waals surface area (Å²) in [4.78, 5) is 10.9. The fourth-order valence-electron chi connectivity index (χ4n) is 2.23. The molecule has 0 saturated heterocycles. The van der Waals surface area contributed by atoms with Gasteiger partial charge in [-0.05, 0) is 36.5 Å². The first-order valence-corrected chi connectivity index (χ1v) is 6.74. The standard InChI is InChI=1S/C15H21NO2/c1-2-14(9-11-6-7-11)16-10-12-4-3-5-13(8-12)15(17)18/h3-5,8,11,14,16H,2,6-7,9-10H2,1H3,(H,17,18). The van der Waals surface area contributed by atoms with Gasteiger partial charge in [0.2, 0.25) is 0 Å². The molecule has 18 heavy (non-hydrogen) atoms. The Hall–Kier alpha value is -1.35. The van der Waals surface area contributed by atoms with Crippen molar-refractivity contribution < 1.29 is 9.90 Å². The van der Waals surface area contributed by atoms with Crippen LogP contribution in [0.3, 0.4) is 0 Å². The fraction of sp³-hybridized carbons (Fsp3) is 0.533. The summed E-state index contributed by atoms with van der Waals surface area (Å²) in [5.74, 6) is 0.0645. The lowest BCUT2D eigenvalue weighted by atomic mass is 10.1. The van der Waals surface area contributed by atoms with Crippen LogP contribution < -0.4 is 5.32 Å². The Kier molecular flexibility index (Phi) is 4.37. The van der Waals surface area contributed by atoms with Crippen molar-refractivity contribution in [3.63, 3.8) is 0 Å². The molecule has 0 aromatic heterocycles. The summed E-state index contributed by atoms with van der Waals surface area (Å²) < 4.78 is 0. The Bertz CT molecular complexity index is 413. The van der Waals surface area contributed by atoms with E-state index in [1.807, 2.05) is 12.1 Å². The van der Waals surface area contributed by atoms with Crippen LogP contribution in [0.25, 0.3) is 0 Å². The highest BCUT2D eigenvalue weighted by Gasteiger charge is 2.24. The maximum Gasteiger partial charge on any atom is 0.335 e. The van der Waals surface area contributed by atoms with E-state index in [0.29, 0.717) is 11.6 Å². The van der Waals surface area contributed by atoms with E-state index in [-0.39, 0.29) is 0 Å². The van der Waals surface area contributed by atoms with Crippen LogP contribution in [-0.2, 0) is 6.54 Å². The zero-order chi connectivity index (χ0) is 13.0. The Morgan fingerprint density at radius 2 is 2.28 bits per heavy atom. The molecule has 3 nitrogen and oxygen atoms in total. The van der Waals surface area contributed by atoms with E-state index < -0.39 is 5.97 Å². The fourth-order valence-corrected chi connectivity index (χ4v) is 2.23. The molecule has 1 aliphatic rings. The molecule has 0 radical (unpaired) electrons. The topological polar surface area (TPSA) is 49.3 Å². The molecule has 0 amide bonds. The van der Waals surface area contributed by atoms with Crippen LogP contribution in [0.4, 0.5) is 0 Å². The molecule has 0 bridgehead atoms. The lowest BCUT2D eigenvalue weighted by molar-refractivity contribution is 0.0696. The zero-order valence-corrected chi connectivity index (χ0v) is 10.9. The zero-order valence-electron chi connectivity index (χ0n) is 10.9. The summed E-state index contributed by atoms with van der Waals surface area (Å²) in [5, 5.41) is 12.5. The third-order valence-electron chi connectivity index (χ3n) is 3.58. The van der Waals surface area contributed by atoms with Crippen molar-refractivity contribution in [3.05, 3.63) is 35.4 Å². The minimum atomic E-state index is -0.859. The van der Waals surface area contributed by atoms with E-state index >= 15 is 0 Å². The summed E-state index contributed by atoms with van der Waals surface area (Å²) in [6.45, 7) is 2.96. The van der Waals surface area contributed by atoms with Gasteiger partial charge in [0.15, 0.2) is 0 Å². The van der Waals surface area contributed by atoms with Gasteiger partial charge in [-0.1, -0.05) is 31.9 Å². The molecule has 1 atom stereocenters. The highest BCUT2D eigenvalue weighted by atomic mass is 16.4. The van der Waals surface area contributed by atoms with E-state index in [9.17, 15) is 4.79 Å². The molecule has 1 unspecified atom stereocenters. The third kappa shape index (κ3) is 3.84. The second-order valence-corrected chi connectivity index (χ2v) is 5.17. The molecule has 0 heterocycles. The summed E-state index contributed by atoms with van der Waals surface area (Å²) >= 11 is 0. The molecule has 3 heteroatoms. The number of hydrogen-bond acceptors (Lipinski definition) is 2. The number of carbonyl (C=O) groups is 1. The highest BCUT2D eigenvalue weighted by Crippen LogP contribution is 2.34. The van der Waals surface area contributed by atoms with Gasteiger partial charge < -0.3 is 10.4 Å². The molecular weight excluding hydrogens is 226 g/mol. The first kappa shape index (κ1) is 13.1. The maximum absolute atomic E-state index is 10.9.